The number of aryl methyl sites for hydroxylation is 1. The molecule has 0 bridgehead atoms. The zero-order valence-corrected chi connectivity index (χ0v) is 12.1. The Morgan fingerprint density at radius 2 is 1.73 bits per heavy atom. The zero-order chi connectivity index (χ0) is 15.4. The summed E-state index contributed by atoms with van der Waals surface area (Å²) in [6, 6.07) is 10.4. The Kier molecular flexibility index (Phi) is 4.30. The van der Waals surface area contributed by atoms with Gasteiger partial charge in [-0.25, -0.2) is 4.39 Å². The van der Waals surface area contributed by atoms with Crippen molar-refractivity contribution in [3.05, 3.63) is 66.4 Å². The smallest absolute Gasteiger partial charge is 0.123 e. The van der Waals surface area contributed by atoms with Crippen molar-refractivity contribution in [2.24, 2.45) is 0 Å². The Bertz CT molecular complexity index is 736. The van der Waals surface area contributed by atoms with Gasteiger partial charge in [-0.2, -0.15) is 0 Å². The molecule has 3 nitrogen and oxygen atoms in total. The van der Waals surface area contributed by atoms with E-state index in [2.05, 4.69) is 9.97 Å². The minimum absolute atomic E-state index is 0.160. The van der Waals surface area contributed by atoms with Crippen LogP contribution in [0.25, 0.3) is 22.4 Å². The van der Waals surface area contributed by atoms with E-state index in [0.29, 0.717) is 6.42 Å². The fourth-order valence-electron chi connectivity index (χ4n) is 2.62. The number of pyridine rings is 1. The molecule has 0 saturated carbocycles. The highest BCUT2D eigenvalue weighted by Crippen LogP contribution is 2.34. The molecule has 0 aliphatic heterocycles. The molecule has 2 heterocycles. The third-order valence-electron chi connectivity index (χ3n) is 3.67. The quantitative estimate of drug-likeness (QED) is 0.752. The van der Waals surface area contributed by atoms with Crippen molar-refractivity contribution in [2.45, 2.75) is 12.8 Å². The predicted molar refractivity (Wildman–Crippen MR) is 84.8 cm³/mol. The molecule has 22 heavy (non-hydrogen) atoms. The van der Waals surface area contributed by atoms with Gasteiger partial charge in [-0.05, 0) is 65.9 Å². The summed E-state index contributed by atoms with van der Waals surface area (Å²) in [6.07, 6.45) is 6.97. The summed E-state index contributed by atoms with van der Waals surface area (Å²) in [5, 5.41) is 9.08. The lowest BCUT2D eigenvalue weighted by molar-refractivity contribution is 0.288. The standard InChI is InChI=1S/C18H17FN2O/c19-16-5-3-14(4-6-16)18-17(13-7-9-20-10-8-13)15(12-21-18)2-1-11-22/h3-10,12,21-22H,1-2,11H2. The summed E-state index contributed by atoms with van der Waals surface area (Å²) < 4.78 is 13.2. The van der Waals surface area contributed by atoms with Gasteiger partial charge in [0.1, 0.15) is 5.82 Å². The van der Waals surface area contributed by atoms with Crippen molar-refractivity contribution in [1.29, 1.82) is 0 Å². The van der Waals surface area contributed by atoms with Gasteiger partial charge in [-0.3, -0.25) is 4.98 Å². The molecule has 0 spiro atoms. The number of aliphatic hydroxyl groups excluding tert-OH is 1. The van der Waals surface area contributed by atoms with Crippen LogP contribution >= 0.6 is 0 Å². The van der Waals surface area contributed by atoms with Gasteiger partial charge in [0.2, 0.25) is 0 Å². The van der Waals surface area contributed by atoms with Gasteiger partial charge in [0.15, 0.2) is 0 Å². The SMILES string of the molecule is OCCCc1c[nH]c(-c2ccc(F)cc2)c1-c1ccncc1. The van der Waals surface area contributed by atoms with Crippen LogP contribution in [-0.4, -0.2) is 21.7 Å². The summed E-state index contributed by atoms with van der Waals surface area (Å²) in [5.74, 6) is -0.249. The van der Waals surface area contributed by atoms with Gasteiger partial charge in [0.25, 0.3) is 0 Å². The Morgan fingerprint density at radius 1 is 1.00 bits per heavy atom. The van der Waals surface area contributed by atoms with Crippen LogP contribution in [0.4, 0.5) is 4.39 Å². The van der Waals surface area contributed by atoms with E-state index in [4.69, 9.17) is 5.11 Å². The Morgan fingerprint density at radius 3 is 2.41 bits per heavy atom. The predicted octanol–water partition coefficient (Wildman–Crippen LogP) is 3.81. The van der Waals surface area contributed by atoms with Crippen molar-refractivity contribution < 1.29 is 9.50 Å². The van der Waals surface area contributed by atoms with Crippen molar-refractivity contribution in [2.75, 3.05) is 6.61 Å². The maximum atomic E-state index is 13.2. The Labute approximate surface area is 128 Å². The van der Waals surface area contributed by atoms with Gasteiger partial charge in [-0.15, -0.1) is 0 Å². The number of nitrogens with zero attached hydrogens (tertiary/aromatic N) is 1. The summed E-state index contributed by atoms with van der Waals surface area (Å²) in [7, 11) is 0. The molecule has 0 unspecified atom stereocenters. The second-order valence-corrected chi connectivity index (χ2v) is 5.13. The Hall–Kier alpha value is -2.46. The topological polar surface area (TPSA) is 48.9 Å². The number of aromatic amines is 1. The Balaban J connectivity index is 2.10. The highest BCUT2D eigenvalue weighted by Gasteiger charge is 2.14. The van der Waals surface area contributed by atoms with Gasteiger partial charge >= 0.3 is 0 Å². The van der Waals surface area contributed by atoms with Crippen LogP contribution in [0.5, 0.6) is 0 Å². The maximum Gasteiger partial charge on any atom is 0.123 e. The van der Waals surface area contributed by atoms with E-state index < -0.39 is 0 Å². The highest BCUT2D eigenvalue weighted by atomic mass is 19.1. The van der Waals surface area contributed by atoms with Crippen molar-refractivity contribution in [3.8, 4) is 22.4 Å². The molecule has 2 aromatic heterocycles. The number of hydrogen-bond donors (Lipinski definition) is 2. The fourth-order valence-corrected chi connectivity index (χ4v) is 2.62. The van der Waals surface area contributed by atoms with Crippen molar-refractivity contribution in [3.63, 3.8) is 0 Å². The summed E-state index contributed by atoms with van der Waals surface area (Å²) in [6.45, 7) is 0.160. The molecule has 2 N–H and O–H groups in total. The lowest BCUT2D eigenvalue weighted by Crippen LogP contribution is -1.91. The molecule has 112 valence electrons. The molecule has 0 saturated heterocycles. The van der Waals surface area contributed by atoms with E-state index >= 15 is 0 Å². The summed E-state index contributed by atoms with van der Waals surface area (Å²) in [4.78, 5) is 7.35. The highest BCUT2D eigenvalue weighted by molar-refractivity contribution is 5.83. The number of aliphatic hydroxyl groups is 1. The summed E-state index contributed by atoms with van der Waals surface area (Å²) in [5.41, 5.74) is 5.17. The second kappa shape index (κ2) is 6.54. The molecule has 3 rings (SSSR count). The number of aromatic nitrogens is 2. The first kappa shape index (κ1) is 14.5. The normalized spacial score (nSPS) is 10.8. The van der Waals surface area contributed by atoms with Gasteiger partial charge in [0.05, 0.1) is 5.69 Å². The number of benzene rings is 1. The average Bonchev–Trinajstić information content (AvgIpc) is 2.98. The van der Waals surface area contributed by atoms with E-state index in [1.54, 1.807) is 24.5 Å². The lowest BCUT2D eigenvalue weighted by atomic mass is 9.96. The molecular formula is C18H17FN2O. The summed E-state index contributed by atoms with van der Waals surface area (Å²) >= 11 is 0. The molecule has 0 radical (unpaired) electrons. The van der Waals surface area contributed by atoms with Crippen LogP contribution in [0.3, 0.4) is 0 Å². The molecule has 0 fully saturated rings. The third-order valence-corrected chi connectivity index (χ3v) is 3.67. The van der Waals surface area contributed by atoms with E-state index in [1.165, 1.54) is 12.1 Å². The molecule has 0 aliphatic rings. The monoisotopic (exact) mass is 296 g/mol. The molecular weight excluding hydrogens is 279 g/mol. The third kappa shape index (κ3) is 2.92. The van der Waals surface area contributed by atoms with Crippen LogP contribution in [0, 0.1) is 5.82 Å². The van der Waals surface area contributed by atoms with Gasteiger partial charge in [-0.1, -0.05) is 0 Å². The number of nitrogens with one attached hydrogen (secondary N) is 1. The number of H-pyrrole nitrogens is 1. The van der Waals surface area contributed by atoms with Crippen LogP contribution in [-0.2, 0) is 6.42 Å². The van der Waals surface area contributed by atoms with Crippen molar-refractivity contribution >= 4 is 0 Å². The first-order valence-electron chi connectivity index (χ1n) is 7.27. The minimum atomic E-state index is -0.249. The molecule has 3 aromatic rings. The first-order chi connectivity index (χ1) is 10.8. The average molecular weight is 296 g/mol. The molecule has 1 aromatic carbocycles. The molecule has 0 amide bonds. The molecule has 0 atom stereocenters. The van der Waals surface area contributed by atoms with E-state index in [1.807, 2.05) is 18.3 Å². The van der Waals surface area contributed by atoms with Crippen LogP contribution in [0.1, 0.15) is 12.0 Å². The van der Waals surface area contributed by atoms with Gasteiger partial charge in [0, 0.05) is 30.8 Å². The van der Waals surface area contributed by atoms with Crippen LogP contribution in [0.15, 0.2) is 55.0 Å². The number of hydrogen-bond acceptors (Lipinski definition) is 2. The van der Waals surface area contributed by atoms with Gasteiger partial charge < -0.3 is 10.1 Å². The fraction of sp³-hybridized carbons (Fsp3) is 0.167. The lowest BCUT2D eigenvalue weighted by Gasteiger charge is -2.08. The van der Waals surface area contributed by atoms with E-state index in [-0.39, 0.29) is 12.4 Å². The number of halogens is 1. The van der Waals surface area contributed by atoms with Crippen molar-refractivity contribution in [1.82, 2.24) is 9.97 Å². The molecule has 4 heteroatoms. The molecule has 0 aliphatic carbocycles. The van der Waals surface area contributed by atoms with Crippen LogP contribution < -0.4 is 0 Å². The van der Waals surface area contributed by atoms with E-state index in [0.717, 1.165) is 34.4 Å². The second-order valence-electron chi connectivity index (χ2n) is 5.13. The number of rotatable bonds is 5. The minimum Gasteiger partial charge on any atom is -0.396 e. The van der Waals surface area contributed by atoms with Crippen LogP contribution in [0.2, 0.25) is 0 Å². The maximum absolute atomic E-state index is 13.2. The largest absolute Gasteiger partial charge is 0.396 e. The zero-order valence-electron chi connectivity index (χ0n) is 12.1. The van der Waals surface area contributed by atoms with E-state index in [9.17, 15) is 4.39 Å². The first-order valence-corrected chi connectivity index (χ1v) is 7.27.